The Morgan fingerprint density at radius 3 is 2.60 bits per heavy atom. The number of aliphatic carboxylic acids is 1. The molecule has 1 aromatic rings. The Labute approximate surface area is 116 Å². The number of para-hydroxylation sites is 2. The second kappa shape index (κ2) is 5.03. The minimum Gasteiger partial charge on any atom is -0.478 e. The minimum atomic E-state index is -1.12. The first-order valence-corrected chi connectivity index (χ1v) is 6.27. The molecule has 0 aliphatic carbocycles. The average molecular weight is 279 g/mol. The van der Waals surface area contributed by atoms with Crippen LogP contribution in [0.25, 0.3) is 0 Å². The van der Waals surface area contributed by atoms with E-state index in [-0.39, 0.29) is 6.54 Å². The first-order chi connectivity index (χ1) is 9.28. The van der Waals surface area contributed by atoms with E-state index in [1.165, 1.54) is 4.90 Å². The zero-order valence-electron chi connectivity index (χ0n) is 11.6. The zero-order valence-corrected chi connectivity index (χ0v) is 11.6. The molecule has 1 heterocycles. The van der Waals surface area contributed by atoms with Gasteiger partial charge in [-0.05, 0) is 32.9 Å². The van der Waals surface area contributed by atoms with Crippen molar-refractivity contribution in [2.45, 2.75) is 32.5 Å². The summed E-state index contributed by atoms with van der Waals surface area (Å²) in [6.45, 7) is 5.19. The number of carbonyl (C=O) groups is 2. The van der Waals surface area contributed by atoms with E-state index in [0.29, 0.717) is 11.4 Å². The molecule has 0 spiro atoms. The van der Waals surface area contributed by atoms with E-state index in [4.69, 9.17) is 14.6 Å². The monoisotopic (exact) mass is 279 g/mol. The van der Waals surface area contributed by atoms with Gasteiger partial charge in [0.25, 0.3) is 0 Å². The molecule has 20 heavy (non-hydrogen) atoms. The maximum atomic E-state index is 12.2. The Bertz CT molecular complexity index is 535. The van der Waals surface area contributed by atoms with Gasteiger partial charge in [-0.3, -0.25) is 4.90 Å². The predicted molar refractivity (Wildman–Crippen MR) is 72.1 cm³/mol. The van der Waals surface area contributed by atoms with Gasteiger partial charge in [0.2, 0.25) is 6.10 Å². The van der Waals surface area contributed by atoms with Crippen molar-refractivity contribution in [3.8, 4) is 5.75 Å². The number of ether oxygens (including phenoxy) is 2. The third-order valence-corrected chi connectivity index (χ3v) is 2.66. The maximum Gasteiger partial charge on any atom is 0.415 e. The summed E-state index contributed by atoms with van der Waals surface area (Å²) in [5.41, 5.74) is -0.137. The first kappa shape index (κ1) is 14.2. The van der Waals surface area contributed by atoms with Crippen molar-refractivity contribution >= 4 is 17.7 Å². The number of amides is 1. The number of carbonyl (C=O) groups excluding carboxylic acids is 1. The largest absolute Gasteiger partial charge is 0.478 e. The molecule has 0 radical (unpaired) electrons. The third-order valence-electron chi connectivity index (χ3n) is 2.66. The van der Waals surface area contributed by atoms with Gasteiger partial charge in [-0.1, -0.05) is 12.1 Å². The van der Waals surface area contributed by atoms with Gasteiger partial charge in [-0.2, -0.15) is 0 Å². The molecule has 0 saturated heterocycles. The van der Waals surface area contributed by atoms with E-state index < -0.39 is 23.8 Å². The summed E-state index contributed by atoms with van der Waals surface area (Å²) in [6.07, 6.45) is -1.68. The number of hydrogen-bond donors (Lipinski definition) is 1. The topological polar surface area (TPSA) is 76.1 Å². The van der Waals surface area contributed by atoms with Crippen LogP contribution < -0.4 is 9.64 Å². The molecule has 1 aliphatic rings. The number of anilines is 1. The molecule has 1 amide bonds. The smallest absolute Gasteiger partial charge is 0.415 e. The van der Waals surface area contributed by atoms with Gasteiger partial charge >= 0.3 is 12.1 Å². The molecule has 1 N–H and O–H groups in total. The molecular formula is C14H17NO5. The highest BCUT2D eigenvalue weighted by Crippen LogP contribution is 2.34. The van der Waals surface area contributed by atoms with Crippen molar-refractivity contribution < 1.29 is 24.2 Å². The lowest BCUT2D eigenvalue weighted by Gasteiger charge is -2.34. The van der Waals surface area contributed by atoms with Gasteiger partial charge in [-0.25, -0.2) is 9.59 Å². The van der Waals surface area contributed by atoms with E-state index in [1.54, 1.807) is 45.0 Å². The van der Waals surface area contributed by atoms with Crippen LogP contribution in [0.5, 0.6) is 5.75 Å². The van der Waals surface area contributed by atoms with E-state index in [0.717, 1.165) is 0 Å². The molecule has 0 aromatic heterocycles. The van der Waals surface area contributed by atoms with Gasteiger partial charge < -0.3 is 14.6 Å². The standard InChI is InChI=1S/C14H17NO5/c1-14(2,3)20-13(18)15-8-11(12(16)17)19-10-7-5-4-6-9(10)15/h4-7,11H,8H2,1-3H3,(H,16,17). The van der Waals surface area contributed by atoms with E-state index in [9.17, 15) is 9.59 Å². The zero-order chi connectivity index (χ0) is 14.9. The molecule has 6 nitrogen and oxygen atoms in total. The molecule has 6 heteroatoms. The molecule has 1 aliphatic heterocycles. The summed E-state index contributed by atoms with van der Waals surface area (Å²) >= 11 is 0. The second-order valence-corrected chi connectivity index (χ2v) is 5.50. The number of benzene rings is 1. The van der Waals surface area contributed by atoms with Crippen molar-refractivity contribution in [3.63, 3.8) is 0 Å². The Hall–Kier alpha value is -2.24. The number of fused-ring (bicyclic) bond motifs is 1. The molecule has 0 fully saturated rings. The van der Waals surface area contributed by atoms with Gasteiger partial charge in [0.05, 0.1) is 12.2 Å². The number of rotatable bonds is 1. The Morgan fingerprint density at radius 2 is 2.00 bits per heavy atom. The quantitative estimate of drug-likeness (QED) is 0.853. The number of nitrogens with zero attached hydrogens (tertiary/aromatic N) is 1. The van der Waals surface area contributed by atoms with Crippen LogP contribution in [-0.2, 0) is 9.53 Å². The normalized spacial score (nSPS) is 17.9. The van der Waals surface area contributed by atoms with Crippen LogP contribution in [0.2, 0.25) is 0 Å². The molecular weight excluding hydrogens is 262 g/mol. The van der Waals surface area contributed by atoms with E-state index in [1.807, 2.05) is 0 Å². The van der Waals surface area contributed by atoms with Gasteiger partial charge in [0.15, 0.2) is 0 Å². The summed E-state index contributed by atoms with van der Waals surface area (Å²) in [5.74, 6) is -0.759. The Balaban J connectivity index is 2.31. The second-order valence-electron chi connectivity index (χ2n) is 5.50. The highest BCUT2D eigenvalue weighted by molar-refractivity contribution is 5.92. The van der Waals surface area contributed by atoms with E-state index >= 15 is 0 Å². The van der Waals surface area contributed by atoms with Gasteiger partial charge in [-0.15, -0.1) is 0 Å². The first-order valence-electron chi connectivity index (χ1n) is 6.27. The molecule has 1 atom stereocenters. The fourth-order valence-electron chi connectivity index (χ4n) is 1.85. The van der Waals surface area contributed by atoms with Crippen LogP contribution in [0.1, 0.15) is 20.8 Å². The molecule has 1 aromatic carbocycles. The molecule has 0 saturated carbocycles. The van der Waals surface area contributed by atoms with Crippen molar-refractivity contribution in [3.05, 3.63) is 24.3 Å². The molecule has 2 rings (SSSR count). The summed E-state index contributed by atoms with van der Waals surface area (Å²) in [6, 6.07) is 6.79. The Kier molecular flexibility index (Phi) is 3.57. The van der Waals surface area contributed by atoms with Crippen LogP contribution in [0.4, 0.5) is 10.5 Å². The predicted octanol–water partition coefficient (Wildman–Crippen LogP) is 2.27. The van der Waals surface area contributed by atoms with Crippen molar-refractivity contribution in [2.75, 3.05) is 11.4 Å². The fraction of sp³-hybridized carbons (Fsp3) is 0.429. The van der Waals surface area contributed by atoms with Crippen LogP contribution in [0.15, 0.2) is 24.3 Å². The van der Waals surface area contributed by atoms with E-state index in [2.05, 4.69) is 0 Å². The maximum absolute atomic E-state index is 12.2. The molecule has 0 bridgehead atoms. The van der Waals surface area contributed by atoms with Crippen molar-refractivity contribution in [1.29, 1.82) is 0 Å². The van der Waals surface area contributed by atoms with Crippen LogP contribution >= 0.6 is 0 Å². The van der Waals surface area contributed by atoms with Gasteiger partial charge in [0.1, 0.15) is 11.4 Å². The third kappa shape index (κ3) is 3.01. The fourth-order valence-corrected chi connectivity index (χ4v) is 1.85. The van der Waals surface area contributed by atoms with Crippen LogP contribution in [-0.4, -0.2) is 35.4 Å². The SMILES string of the molecule is CC(C)(C)OC(=O)N1CC(C(=O)O)Oc2ccccc21. The summed E-state index contributed by atoms with van der Waals surface area (Å²) in [7, 11) is 0. The molecule has 108 valence electrons. The average Bonchev–Trinajstić information content (AvgIpc) is 2.35. The lowest BCUT2D eigenvalue weighted by molar-refractivity contribution is -0.144. The highest BCUT2D eigenvalue weighted by Gasteiger charge is 2.35. The summed E-state index contributed by atoms with van der Waals surface area (Å²) in [5, 5.41) is 9.09. The minimum absolute atomic E-state index is 0.0821. The number of hydrogen-bond acceptors (Lipinski definition) is 4. The highest BCUT2D eigenvalue weighted by atomic mass is 16.6. The number of carboxylic acids is 1. The van der Waals surface area contributed by atoms with Crippen molar-refractivity contribution in [2.24, 2.45) is 0 Å². The van der Waals surface area contributed by atoms with Gasteiger partial charge in [0, 0.05) is 0 Å². The summed E-state index contributed by atoms with van der Waals surface area (Å²) < 4.78 is 10.7. The number of carboxylic acid groups (broad SMARTS) is 1. The molecule has 1 unspecified atom stereocenters. The van der Waals surface area contributed by atoms with Crippen molar-refractivity contribution in [1.82, 2.24) is 0 Å². The Morgan fingerprint density at radius 1 is 1.35 bits per heavy atom. The van der Waals surface area contributed by atoms with Crippen LogP contribution in [0.3, 0.4) is 0 Å². The lowest BCUT2D eigenvalue weighted by atomic mass is 10.2. The lowest BCUT2D eigenvalue weighted by Crippen LogP contribution is -2.48. The summed E-state index contributed by atoms with van der Waals surface area (Å²) in [4.78, 5) is 24.6. The van der Waals surface area contributed by atoms with Crippen LogP contribution in [0, 0.1) is 0 Å².